The summed E-state index contributed by atoms with van der Waals surface area (Å²) in [5.41, 5.74) is 0. The number of hydrogen-bond donors (Lipinski definition) is 0. The molecule has 0 aromatic carbocycles. The first-order chi connectivity index (χ1) is 3.80. The van der Waals surface area contributed by atoms with Crippen molar-refractivity contribution < 1.29 is 4.92 Å². The van der Waals surface area contributed by atoms with Gasteiger partial charge >= 0.3 is 5.17 Å². The minimum Gasteiger partial charge on any atom is -0.357 e. The number of nitro groups is 1. The van der Waals surface area contributed by atoms with E-state index in [1.165, 1.54) is 9.83 Å². The Morgan fingerprint density at radius 3 is 2.75 bits per heavy atom. The highest BCUT2D eigenvalue weighted by molar-refractivity contribution is 9.13. The maximum absolute atomic E-state index is 9.83. The molecular formula is CN2O2S3. The Hall–Kier alpha value is 0.120. The Labute approximate surface area is 56.6 Å². The van der Waals surface area contributed by atoms with Crippen LogP contribution in [-0.4, -0.2) is 10.1 Å². The van der Waals surface area contributed by atoms with Gasteiger partial charge in [-0.1, -0.05) is 0 Å². The van der Waals surface area contributed by atoms with Gasteiger partial charge < -0.3 is 10.1 Å². The summed E-state index contributed by atoms with van der Waals surface area (Å²) in [7, 11) is 3.52. The van der Waals surface area contributed by atoms with Gasteiger partial charge in [-0.05, 0) is 4.92 Å². The molecule has 44 valence electrons. The van der Waals surface area contributed by atoms with Gasteiger partial charge in [0, 0.05) is 14.2 Å². The smallest absolute Gasteiger partial charge is 0.357 e. The van der Waals surface area contributed by atoms with E-state index in [4.69, 9.17) is 0 Å². The molecule has 7 heteroatoms. The summed E-state index contributed by atoms with van der Waals surface area (Å²) < 4.78 is 3.50. The van der Waals surface area contributed by atoms with Gasteiger partial charge in [0.1, 0.15) is 0 Å². The standard InChI is InChI=1S/CN2O2S3/c4-3(5)1-2-7-8-6-1. The second-order valence-corrected chi connectivity index (χ2v) is 4.44. The van der Waals surface area contributed by atoms with Crippen LogP contribution in [0.3, 0.4) is 0 Å². The molecule has 0 aromatic rings. The lowest BCUT2D eigenvalue weighted by Crippen LogP contribution is -2.01. The summed E-state index contributed by atoms with van der Waals surface area (Å²) in [6, 6.07) is 0. The molecule has 0 unspecified atom stereocenters. The van der Waals surface area contributed by atoms with Crippen LogP contribution in [0, 0.1) is 10.1 Å². The zero-order valence-electron chi connectivity index (χ0n) is 3.44. The van der Waals surface area contributed by atoms with Gasteiger partial charge in [-0.25, -0.2) is 0 Å². The van der Waals surface area contributed by atoms with Crippen LogP contribution < -0.4 is 0 Å². The molecule has 0 saturated carbocycles. The quantitative estimate of drug-likeness (QED) is 0.238. The molecule has 0 aliphatic carbocycles. The second kappa shape index (κ2) is 2.60. The molecule has 1 aliphatic heterocycles. The number of nitrogens with zero attached hydrogens (tertiary/aromatic N) is 2. The number of amidine groups is 1. The van der Waals surface area contributed by atoms with Gasteiger partial charge in [0.15, 0.2) is 11.0 Å². The molecule has 0 radical (unpaired) electrons. The predicted molar refractivity (Wildman–Crippen MR) is 37.2 cm³/mol. The number of rotatable bonds is 0. The summed E-state index contributed by atoms with van der Waals surface area (Å²) in [6.45, 7) is 0. The highest BCUT2D eigenvalue weighted by atomic mass is 33.5. The maximum Gasteiger partial charge on any atom is 0.420 e. The van der Waals surface area contributed by atoms with E-state index in [1.54, 1.807) is 0 Å². The first-order valence-corrected chi connectivity index (χ1v) is 4.97. The minimum atomic E-state index is -0.488. The van der Waals surface area contributed by atoms with E-state index in [2.05, 4.69) is 4.40 Å². The van der Waals surface area contributed by atoms with E-state index in [-0.39, 0.29) is 5.17 Å². The third kappa shape index (κ3) is 1.30. The normalized spacial score (nSPS) is 18.2. The number of hydrogen-bond acceptors (Lipinski definition) is 6. The molecule has 0 fully saturated rings. The molecule has 1 heterocycles. The van der Waals surface area contributed by atoms with Gasteiger partial charge in [-0.3, -0.25) is 0 Å². The lowest BCUT2D eigenvalue weighted by molar-refractivity contribution is -0.342. The third-order valence-corrected chi connectivity index (χ3v) is 3.51. The van der Waals surface area contributed by atoms with Crippen molar-refractivity contribution in [2.75, 3.05) is 0 Å². The molecule has 8 heavy (non-hydrogen) atoms. The molecule has 0 atom stereocenters. The van der Waals surface area contributed by atoms with Crippen molar-refractivity contribution in [2.24, 2.45) is 4.40 Å². The highest BCUT2D eigenvalue weighted by Crippen LogP contribution is 2.43. The van der Waals surface area contributed by atoms with Crippen molar-refractivity contribution in [3.05, 3.63) is 10.1 Å². The fraction of sp³-hybridized carbons (Fsp3) is 0. The monoisotopic (exact) mass is 168 g/mol. The van der Waals surface area contributed by atoms with Crippen LogP contribution in [0.15, 0.2) is 4.40 Å². The van der Waals surface area contributed by atoms with Crippen molar-refractivity contribution in [3.8, 4) is 0 Å². The fourth-order valence-corrected chi connectivity index (χ4v) is 2.99. The molecule has 0 bridgehead atoms. The average molecular weight is 168 g/mol. The molecule has 0 aromatic heterocycles. The Bertz CT molecular complexity index is 144. The Morgan fingerprint density at radius 2 is 2.50 bits per heavy atom. The van der Waals surface area contributed by atoms with Gasteiger partial charge in [0.05, 0.1) is 10.8 Å². The Kier molecular flexibility index (Phi) is 2.03. The summed E-state index contributed by atoms with van der Waals surface area (Å²) >= 11 is 0. The Morgan fingerprint density at radius 1 is 1.75 bits per heavy atom. The van der Waals surface area contributed by atoms with Crippen molar-refractivity contribution in [3.63, 3.8) is 0 Å². The summed E-state index contributed by atoms with van der Waals surface area (Å²) in [5, 5.41) is 9.81. The van der Waals surface area contributed by atoms with Crippen LogP contribution in [0.25, 0.3) is 0 Å². The van der Waals surface area contributed by atoms with Crippen LogP contribution in [0.1, 0.15) is 0 Å². The molecule has 0 saturated heterocycles. The first kappa shape index (κ1) is 6.24. The maximum atomic E-state index is 9.83. The lowest BCUT2D eigenvalue weighted by atomic mass is 11.3. The second-order valence-electron chi connectivity index (χ2n) is 0.857. The van der Waals surface area contributed by atoms with E-state index >= 15 is 0 Å². The molecule has 0 N–H and O–H groups in total. The first-order valence-electron chi connectivity index (χ1n) is 1.53. The van der Waals surface area contributed by atoms with Crippen LogP contribution >= 0.6 is 31.6 Å². The zero-order valence-corrected chi connectivity index (χ0v) is 5.89. The molecular weight excluding hydrogens is 168 g/mol. The van der Waals surface area contributed by atoms with Crippen LogP contribution in [0.2, 0.25) is 0 Å². The van der Waals surface area contributed by atoms with Crippen molar-refractivity contribution in [1.29, 1.82) is 0 Å². The van der Waals surface area contributed by atoms with E-state index in [0.717, 1.165) is 21.8 Å². The van der Waals surface area contributed by atoms with Crippen LogP contribution in [0.5, 0.6) is 0 Å². The van der Waals surface area contributed by atoms with Crippen molar-refractivity contribution in [1.82, 2.24) is 0 Å². The topological polar surface area (TPSA) is 55.5 Å². The molecule has 1 aliphatic rings. The van der Waals surface area contributed by atoms with Gasteiger partial charge in [-0.2, -0.15) is 0 Å². The minimum absolute atomic E-state index is 0.0139. The van der Waals surface area contributed by atoms with Gasteiger partial charge in [-0.15, -0.1) is 0 Å². The molecule has 0 amide bonds. The molecule has 1 rings (SSSR count). The predicted octanol–water partition coefficient (Wildman–Crippen LogP) is 1.58. The van der Waals surface area contributed by atoms with Gasteiger partial charge in [0.2, 0.25) is 0 Å². The van der Waals surface area contributed by atoms with E-state index < -0.39 is 4.92 Å². The lowest BCUT2D eigenvalue weighted by Gasteiger charge is -1.83. The molecule has 4 nitrogen and oxygen atoms in total. The third-order valence-electron chi connectivity index (χ3n) is 0.411. The Balaban J connectivity index is 2.57. The summed E-state index contributed by atoms with van der Waals surface area (Å²) in [4.78, 5) is 9.34. The fourth-order valence-electron chi connectivity index (χ4n) is 0.172. The highest BCUT2D eigenvalue weighted by Gasteiger charge is 2.21. The molecule has 0 spiro atoms. The largest absolute Gasteiger partial charge is 0.420 e. The summed E-state index contributed by atoms with van der Waals surface area (Å²) in [6.07, 6.45) is 0. The van der Waals surface area contributed by atoms with Gasteiger partial charge in [0.25, 0.3) is 0 Å². The van der Waals surface area contributed by atoms with E-state index in [9.17, 15) is 10.1 Å². The van der Waals surface area contributed by atoms with Crippen LogP contribution in [-0.2, 0) is 0 Å². The van der Waals surface area contributed by atoms with Crippen LogP contribution in [0.4, 0.5) is 0 Å². The van der Waals surface area contributed by atoms with E-state index in [0.29, 0.717) is 0 Å². The average Bonchev–Trinajstić information content (AvgIpc) is 2.12. The zero-order chi connectivity index (χ0) is 5.98. The van der Waals surface area contributed by atoms with Crippen molar-refractivity contribution in [2.45, 2.75) is 0 Å². The SMILES string of the molecule is O=[N+]([O-])C1=NSSS1. The summed E-state index contributed by atoms with van der Waals surface area (Å²) in [5.74, 6) is 0. The van der Waals surface area contributed by atoms with E-state index in [1.807, 2.05) is 0 Å². The van der Waals surface area contributed by atoms with Crippen molar-refractivity contribution >= 4 is 36.8 Å².